The first kappa shape index (κ1) is 12.6. The van der Waals surface area contributed by atoms with Crippen LogP contribution in [-0.2, 0) is 4.74 Å². The van der Waals surface area contributed by atoms with Crippen LogP contribution in [0, 0.1) is 0 Å². The summed E-state index contributed by atoms with van der Waals surface area (Å²) in [7, 11) is 3.72. The van der Waals surface area contributed by atoms with Gasteiger partial charge < -0.3 is 20.3 Å². The predicted octanol–water partition coefficient (Wildman–Crippen LogP) is 0.0831. The van der Waals surface area contributed by atoms with E-state index in [0.717, 1.165) is 24.6 Å². The minimum absolute atomic E-state index is 0.309. The summed E-state index contributed by atoms with van der Waals surface area (Å²) >= 11 is 0. The summed E-state index contributed by atoms with van der Waals surface area (Å²) in [5.74, 6) is 0.270. The maximum Gasteiger partial charge on any atom is 0.269 e. The molecule has 1 aromatic heterocycles. The first-order valence-electron chi connectivity index (χ1n) is 5.90. The number of hydrogen-bond donors (Lipinski definition) is 1. The summed E-state index contributed by atoms with van der Waals surface area (Å²) in [5.41, 5.74) is 6.42. The third-order valence-corrected chi connectivity index (χ3v) is 2.91. The molecule has 0 bridgehead atoms. The van der Waals surface area contributed by atoms with Crippen molar-refractivity contribution in [2.24, 2.45) is 5.73 Å². The fourth-order valence-corrected chi connectivity index (χ4v) is 1.95. The Balaban J connectivity index is 2.33. The Hall–Kier alpha value is -1.82. The van der Waals surface area contributed by atoms with Gasteiger partial charge in [0.05, 0.1) is 18.9 Å². The maximum atomic E-state index is 11.5. The van der Waals surface area contributed by atoms with Gasteiger partial charge in [-0.05, 0) is 12.1 Å². The number of amides is 1. The SMILES string of the molecule is CN(C)c1ccc(N2CCOCC2)nc1C(N)=O. The van der Waals surface area contributed by atoms with Crippen molar-refractivity contribution in [1.82, 2.24) is 4.98 Å². The second kappa shape index (κ2) is 5.22. The summed E-state index contributed by atoms with van der Waals surface area (Å²) in [6, 6.07) is 3.78. The zero-order valence-corrected chi connectivity index (χ0v) is 10.7. The highest BCUT2D eigenvalue weighted by molar-refractivity contribution is 5.97. The molecule has 0 aliphatic carbocycles. The van der Waals surface area contributed by atoms with Gasteiger partial charge in [0.1, 0.15) is 5.82 Å². The zero-order chi connectivity index (χ0) is 13.1. The van der Waals surface area contributed by atoms with E-state index in [-0.39, 0.29) is 0 Å². The first-order chi connectivity index (χ1) is 8.59. The lowest BCUT2D eigenvalue weighted by Crippen LogP contribution is -2.37. The molecule has 0 atom stereocenters. The van der Waals surface area contributed by atoms with E-state index >= 15 is 0 Å². The molecule has 1 aliphatic heterocycles. The smallest absolute Gasteiger partial charge is 0.269 e. The Morgan fingerprint density at radius 2 is 2.06 bits per heavy atom. The molecule has 1 aromatic rings. The van der Waals surface area contributed by atoms with E-state index in [9.17, 15) is 4.79 Å². The quantitative estimate of drug-likeness (QED) is 0.822. The van der Waals surface area contributed by atoms with Crippen molar-refractivity contribution >= 4 is 17.4 Å². The van der Waals surface area contributed by atoms with E-state index in [1.807, 2.05) is 31.1 Å². The van der Waals surface area contributed by atoms with Gasteiger partial charge in [-0.15, -0.1) is 0 Å². The Morgan fingerprint density at radius 3 is 2.61 bits per heavy atom. The summed E-state index contributed by atoms with van der Waals surface area (Å²) < 4.78 is 5.29. The van der Waals surface area contributed by atoms with E-state index < -0.39 is 5.91 Å². The lowest BCUT2D eigenvalue weighted by atomic mass is 10.2. The maximum absolute atomic E-state index is 11.5. The van der Waals surface area contributed by atoms with Gasteiger partial charge >= 0.3 is 0 Å². The Bertz CT molecular complexity index is 442. The Morgan fingerprint density at radius 1 is 1.39 bits per heavy atom. The van der Waals surface area contributed by atoms with Crippen LogP contribution in [0.5, 0.6) is 0 Å². The van der Waals surface area contributed by atoms with Crippen molar-refractivity contribution in [3.8, 4) is 0 Å². The van der Waals surface area contributed by atoms with Crippen molar-refractivity contribution < 1.29 is 9.53 Å². The van der Waals surface area contributed by atoms with Crippen LogP contribution in [-0.4, -0.2) is 51.3 Å². The number of nitrogens with two attached hydrogens (primary N) is 1. The molecule has 1 saturated heterocycles. The third kappa shape index (κ3) is 2.53. The van der Waals surface area contributed by atoms with E-state index in [0.29, 0.717) is 18.9 Å². The van der Waals surface area contributed by atoms with E-state index in [1.54, 1.807) is 0 Å². The number of morpholine rings is 1. The minimum Gasteiger partial charge on any atom is -0.378 e. The molecule has 1 aliphatic rings. The molecule has 18 heavy (non-hydrogen) atoms. The van der Waals surface area contributed by atoms with Gasteiger partial charge in [0.15, 0.2) is 5.69 Å². The molecular formula is C12H18N4O2. The van der Waals surface area contributed by atoms with Crippen LogP contribution in [0.15, 0.2) is 12.1 Å². The Labute approximate surface area is 106 Å². The second-order valence-electron chi connectivity index (χ2n) is 4.40. The molecule has 2 rings (SSSR count). The number of aromatic nitrogens is 1. The lowest BCUT2D eigenvalue weighted by molar-refractivity contribution is 0.0996. The summed E-state index contributed by atoms with van der Waals surface area (Å²) in [5, 5.41) is 0. The average molecular weight is 250 g/mol. The molecule has 6 heteroatoms. The normalized spacial score (nSPS) is 15.6. The molecule has 0 saturated carbocycles. The van der Waals surface area contributed by atoms with Crippen LogP contribution in [0.3, 0.4) is 0 Å². The molecule has 1 fully saturated rings. The molecule has 98 valence electrons. The minimum atomic E-state index is -0.506. The molecule has 2 heterocycles. The fraction of sp³-hybridized carbons (Fsp3) is 0.500. The van der Waals surface area contributed by atoms with Crippen molar-refractivity contribution in [2.45, 2.75) is 0 Å². The number of rotatable bonds is 3. The second-order valence-corrected chi connectivity index (χ2v) is 4.40. The molecule has 0 unspecified atom stereocenters. The third-order valence-electron chi connectivity index (χ3n) is 2.91. The van der Waals surface area contributed by atoms with Crippen LogP contribution in [0.25, 0.3) is 0 Å². The molecular weight excluding hydrogens is 232 g/mol. The van der Waals surface area contributed by atoms with Crippen molar-refractivity contribution in [1.29, 1.82) is 0 Å². The molecule has 1 amide bonds. The summed E-state index contributed by atoms with van der Waals surface area (Å²) in [4.78, 5) is 19.7. The molecule has 0 radical (unpaired) electrons. The number of nitrogens with zero attached hydrogens (tertiary/aromatic N) is 3. The number of pyridine rings is 1. The number of primary amides is 1. The highest BCUT2D eigenvalue weighted by atomic mass is 16.5. The average Bonchev–Trinajstić information content (AvgIpc) is 2.39. The molecule has 0 spiro atoms. The van der Waals surface area contributed by atoms with Crippen LogP contribution < -0.4 is 15.5 Å². The van der Waals surface area contributed by atoms with Crippen LogP contribution in [0.4, 0.5) is 11.5 Å². The lowest BCUT2D eigenvalue weighted by Gasteiger charge is -2.28. The van der Waals surface area contributed by atoms with Gasteiger partial charge in [-0.25, -0.2) is 4.98 Å². The van der Waals surface area contributed by atoms with Gasteiger partial charge in [-0.1, -0.05) is 0 Å². The van der Waals surface area contributed by atoms with Gasteiger partial charge in [0.2, 0.25) is 0 Å². The molecule has 0 aromatic carbocycles. The van der Waals surface area contributed by atoms with Crippen molar-refractivity contribution in [3.63, 3.8) is 0 Å². The number of carbonyl (C=O) groups excluding carboxylic acids is 1. The number of anilines is 2. The highest BCUT2D eigenvalue weighted by Gasteiger charge is 2.17. The fourth-order valence-electron chi connectivity index (χ4n) is 1.95. The molecule has 2 N–H and O–H groups in total. The van der Waals surface area contributed by atoms with Crippen molar-refractivity contribution in [3.05, 3.63) is 17.8 Å². The summed E-state index contributed by atoms with van der Waals surface area (Å²) in [6.07, 6.45) is 0. The van der Waals surface area contributed by atoms with Gasteiger partial charge in [0.25, 0.3) is 5.91 Å². The van der Waals surface area contributed by atoms with Crippen LogP contribution >= 0.6 is 0 Å². The van der Waals surface area contributed by atoms with Gasteiger partial charge in [0, 0.05) is 27.2 Å². The standard InChI is InChI=1S/C12H18N4O2/c1-15(2)9-3-4-10(14-11(9)12(13)17)16-5-7-18-8-6-16/h3-4H,5-8H2,1-2H3,(H2,13,17). The van der Waals surface area contributed by atoms with Gasteiger partial charge in [-0.2, -0.15) is 0 Å². The zero-order valence-electron chi connectivity index (χ0n) is 10.7. The van der Waals surface area contributed by atoms with Crippen LogP contribution in [0.2, 0.25) is 0 Å². The monoisotopic (exact) mass is 250 g/mol. The first-order valence-corrected chi connectivity index (χ1v) is 5.90. The van der Waals surface area contributed by atoms with Gasteiger partial charge in [-0.3, -0.25) is 4.79 Å². The van der Waals surface area contributed by atoms with E-state index in [4.69, 9.17) is 10.5 Å². The number of carbonyl (C=O) groups is 1. The van der Waals surface area contributed by atoms with Crippen LogP contribution in [0.1, 0.15) is 10.5 Å². The summed E-state index contributed by atoms with van der Waals surface area (Å²) in [6.45, 7) is 2.94. The number of hydrogen-bond acceptors (Lipinski definition) is 5. The topological polar surface area (TPSA) is 71.7 Å². The highest BCUT2D eigenvalue weighted by Crippen LogP contribution is 2.21. The molecule has 6 nitrogen and oxygen atoms in total. The number of ether oxygens (including phenoxy) is 1. The Kier molecular flexibility index (Phi) is 3.66. The van der Waals surface area contributed by atoms with Crippen molar-refractivity contribution in [2.75, 3.05) is 50.2 Å². The largest absolute Gasteiger partial charge is 0.378 e. The van der Waals surface area contributed by atoms with E-state index in [2.05, 4.69) is 9.88 Å². The van der Waals surface area contributed by atoms with E-state index in [1.165, 1.54) is 0 Å². The predicted molar refractivity (Wildman–Crippen MR) is 70.1 cm³/mol.